The van der Waals surface area contributed by atoms with Crippen LogP contribution in [0.1, 0.15) is 6.42 Å². The maximum absolute atomic E-state index is 5.40. The highest BCUT2D eigenvalue weighted by Gasteiger charge is 2.23. The number of hydrogen-bond donors (Lipinski definition) is 1. The summed E-state index contributed by atoms with van der Waals surface area (Å²) in [5.74, 6) is 1.71. The highest BCUT2D eigenvalue weighted by atomic mass is 32.1. The van der Waals surface area contributed by atoms with Crippen LogP contribution in [0.15, 0.2) is 10.8 Å². The topological polar surface area (TPSA) is 44.5 Å². The SMILES string of the molecule is NCCC1Oc2cscc2O1. The first-order chi connectivity index (χ1) is 5.40. The zero-order valence-electron chi connectivity index (χ0n) is 5.95. The van der Waals surface area contributed by atoms with Gasteiger partial charge in [-0.1, -0.05) is 0 Å². The third-order valence-corrected chi connectivity index (χ3v) is 2.21. The molecule has 0 saturated heterocycles. The Balaban J connectivity index is 2.04. The zero-order chi connectivity index (χ0) is 7.68. The Morgan fingerprint density at radius 1 is 1.36 bits per heavy atom. The molecule has 0 radical (unpaired) electrons. The average molecular weight is 171 g/mol. The molecule has 1 aromatic rings. The molecule has 0 bridgehead atoms. The van der Waals surface area contributed by atoms with Crippen LogP contribution in [-0.2, 0) is 0 Å². The van der Waals surface area contributed by atoms with Crippen LogP contribution in [0.25, 0.3) is 0 Å². The van der Waals surface area contributed by atoms with Crippen LogP contribution in [0, 0.1) is 0 Å². The quantitative estimate of drug-likeness (QED) is 0.727. The van der Waals surface area contributed by atoms with Gasteiger partial charge >= 0.3 is 0 Å². The molecule has 11 heavy (non-hydrogen) atoms. The maximum Gasteiger partial charge on any atom is 0.242 e. The third kappa shape index (κ3) is 1.19. The Hall–Kier alpha value is -0.740. The van der Waals surface area contributed by atoms with Crippen molar-refractivity contribution in [3.05, 3.63) is 10.8 Å². The summed E-state index contributed by atoms with van der Waals surface area (Å²) >= 11 is 1.58. The largest absolute Gasteiger partial charge is 0.450 e. The highest BCUT2D eigenvalue weighted by molar-refractivity contribution is 7.08. The Morgan fingerprint density at radius 3 is 2.55 bits per heavy atom. The lowest BCUT2D eigenvalue weighted by Crippen LogP contribution is -2.21. The van der Waals surface area contributed by atoms with E-state index >= 15 is 0 Å². The molecule has 0 amide bonds. The third-order valence-electron chi connectivity index (χ3n) is 1.51. The average Bonchev–Trinajstić information content (AvgIpc) is 2.46. The predicted molar refractivity (Wildman–Crippen MR) is 43.0 cm³/mol. The number of thiophene rings is 1. The maximum atomic E-state index is 5.40. The molecule has 2 heterocycles. The second kappa shape index (κ2) is 2.71. The van der Waals surface area contributed by atoms with Crippen LogP contribution in [0.5, 0.6) is 11.5 Å². The van der Waals surface area contributed by atoms with Crippen LogP contribution in [-0.4, -0.2) is 12.8 Å². The van der Waals surface area contributed by atoms with Crippen molar-refractivity contribution in [3.8, 4) is 11.5 Å². The summed E-state index contributed by atoms with van der Waals surface area (Å²) in [4.78, 5) is 0. The lowest BCUT2D eigenvalue weighted by molar-refractivity contribution is 0.0441. The Bertz CT molecular complexity index is 228. The fourth-order valence-corrected chi connectivity index (χ4v) is 1.67. The van der Waals surface area contributed by atoms with E-state index in [9.17, 15) is 0 Å². The molecule has 0 spiro atoms. The highest BCUT2D eigenvalue weighted by Crippen LogP contribution is 2.38. The van der Waals surface area contributed by atoms with E-state index < -0.39 is 0 Å². The zero-order valence-corrected chi connectivity index (χ0v) is 6.76. The fraction of sp³-hybridized carbons (Fsp3) is 0.429. The minimum absolute atomic E-state index is 0.154. The van der Waals surface area contributed by atoms with Gasteiger partial charge in [0.25, 0.3) is 0 Å². The second-order valence-electron chi connectivity index (χ2n) is 2.34. The van der Waals surface area contributed by atoms with Crippen molar-refractivity contribution in [1.82, 2.24) is 0 Å². The van der Waals surface area contributed by atoms with Gasteiger partial charge in [0.15, 0.2) is 11.5 Å². The molecular weight excluding hydrogens is 162 g/mol. The van der Waals surface area contributed by atoms with E-state index in [1.54, 1.807) is 11.3 Å². The van der Waals surface area contributed by atoms with Crippen molar-refractivity contribution in [2.24, 2.45) is 5.73 Å². The van der Waals surface area contributed by atoms with E-state index in [1.807, 2.05) is 10.8 Å². The molecule has 1 aliphatic rings. The number of ether oxygens (including phenoxy) is 2. The lowest BCUT2D eigenvalue weighted by Gasteiger charge is -2.07. The van der Waals surface area contributed by atoms with Gasteiger partial charge in [0, 0.05) is 17.2 Å². The fourth-order valence-electron chi connectivity index (χ4n) is 1.01. The first-order valence-electron chi connectivity index (χ1n) is 3.49. The summed E-state index contributed by atoms with van der Waals surface area (Å²) in [6, 6.07) is 0. The summed E-state index contributed by atoms with van der Waals surface area (Å²) < 4.78 is 10.8. The van der Waals surface area contributed by atoms with Gasteiger partial charge < -0.3 is 15.2 Å². The summed E-state index contributed by atoms with van der Waals surface area (Å²) in [5.41, 5.74) is 5.35. The monoisotopic (exact) mass is 171 g/mol. The standard InChI is InChI=1S/C7H9NO2S/c8-2-1-7-9-5-3-11-4-6(5)10-7/h3-4,7H,1-2,8H2. The first kappa shape index (κ1) is 6.94. The molecule has 60 valence electrons. The molecule has 0 aromatic carbocycles. The smallest absolute Gasteiger partial charge is 0.242 e. The van der Waals surface area contributed by atoms with Gasteiger partial charge in [-0.05, 0) is 6.54 Å². The van der Waals surface area contributed by atoms with Crippen molar-refractivity contribution in [1.29, 1.82) is 0 Å². The van der Waals surface area contributed by atoms with E-state index in [4.69, 9.17) is 15.2 Å². The van der Waals surface area contributed by atoms with Gasteiger partial charge in [-0.2, -0.15) is 0 Å². The molecule has 2 N–H and O–H groups in total. The minimum atomic E-state index is -0.154. The lowest BCUT2D eigenvalue weighted by atomic mass is 10.4. The van der Waals surface area contributed by atoms with E-state index in [0.717, 1.165) is 17.9 Å². The molecule has 0 atom stereocenters. The van der Waals surface area contributed by atoms with Gasteiger partial charge in [0.05, 0.1) is 0 Å². The summed E-state index contributed by atoms with van der Waals surface area (Å²) in [6.07, 6.45) is 0.595. The molecule has 0 saturated carbocycles. The van der Waals surface area contributed by atoms with Gasteiger partial charge in [0.2, 0.25) is 6.29 Å². The molecular formula is C7H9NO2S. The van der Waals surface area contributed by atoms with Crippen molar-refractivity contribution < 1.29 is 9.47 Å². The van der Waals surface area contributed by atoms with Crippen LogP contribution >= 0.6 is 11.3 Å². The van der Waals surface area contributed by atoms with Crippen molar-refractivity contribution in [2.75, 3.05) is 6.54 Å². The minimum Gasteiger partial charge on any atom is -0.450 e. The Morgan fingerprint density at radius 2 is 2.00 bits per heavy atom. The second-order valence-corrected chi connectivity index (χ2v) is 3.09. The van der Waals surface area contributed by atoms with Crippen molar-refractivity contribution in [3.63, 3.8) is 0 Å². The number of hydrogen-bond acceptors (Lipinski definition) is 4. The number of fused-ring (bicyclic) bond motifs is 1. The van der Waals surface area contributed by atoms with E-state index in [0.29, 0.717) is 6.54 Å². The van der Waals surface area contributed by atoms with Crippen LogP contribution < -0.4 is 15.2 Å². The van der Waals surface area contributed by atoms with E-state index in [1.165, 1.54) is 0 Å². The number of rotatable bonds is 2. The first-order valence-corrected chi connectivity index (χ1v) is 4.44. The molecule has 0 fully saturated rings. The van der Waals surface area contributed by atoms with Gasteiger partial charge in [-0.3, -0.25) is 0 Å². The molecule has 3 nitrogen and oxygen atoms in total. The van der Waals surface area contributed by atoms with Crippen LogP contribution in [0.2, 0.25) is 0 Å². The van der Waals surface area contributed by atoms with Crippen molar-refractivity contribution >= 4 is 11.3 Å². The summed E-state index contributed by atoms with van der Waals surface area (Å²) in [7, 11) is 0. The van der Waals surface area contributed by atoms with Crippen molar-refractivity contribution in [2.45, 2.75) is 12.7 Å². The van der Waals surface area contributed by atoms with Crippen LogP contribution in [0.4, 0.5) is 0 Å². The molecule has 0 aliphatic carbocycles. The predicted octanol–water partition coefficient (Wildman–Crippen LogP) is 1.19. The molecule has 1 aliphatic heterocycles. The molecule has 1 aromatic heterocycles. The molecule has 4 heteroatoms. The van der Waals surface area contributed by atoms with Gasteiger partial charge in [0.1, 0.15) is 0 Å². The summed E-state index contributed by atoms with van der Waals surface area (Å²) in [6.45, 7) is 0.596. The van der Waals surface area contributed by atoms with Crippen LogP contribution in [0.3, 0.4) is 0 Å². The van der Waals surface area contributed by atoms with Gasteiger partial charge in [-0.15, -0.1) is 11.3 Å². The normalized spacial score (nSPS) is 15.7. The Kier molecular flexibility index (Phi) is 1.71. The molecule has 0 unspecified atom stereocenters. The summed E-state index contributed by atoms with van der Waals surface area (Å²) in [5, 5.41) is 3.87. The van der Waals surface area contributed by atoms with E-state index in [2.05, 4.69) is 0 Å². The Labute approximate surface area is 68.7 Å². The van der Waals surface area contributed by atoms with Gasteiger partial charge in [-0.25, -0.2) is 0 Å². The number of nitrogens with two attached hydrogens (primary N) is 1. The van der Waals surface area contributed by atoms with E-state index in [-0.39, 0.29) is 6.29 Å². The molecule has 2 rings (SSSR count).